The van der Waals surface area contributed by atoms with Crippen molar-refractivity contribution in [1.29, 1.82) is 0 Å². The molecule has 0 saturated carbocycles. The first-order valence-electron chi connectivity index (χ1n) is 10.5. The number of benzene rings is 2. The molecule has 2 aromatic heterocycles. The van der Waals surface area contributed by atoms with Gasteiger partial charge in [-0.15, -0.1) is 15.3 Å². The Balaban J connectivity index is 1.36. The van der Waals surface area contributed by atoms with Gasteiger partial charge in [-0.05, 0) is 61.6 Å². The zero-order valence-electron chi connectivity index (χ0n) is 17.7. The van der Waals surface area contributed by atoms with Crippen molar-refractivity contribution in [3.63, 3.8) is 0 Å². The largest absolute Gasteiger partial charge is 0.369 e. The molecule has 9 heteroatoms. The number of nitrogens with one attached hydrogen (secondary N) is 1. The van der Waals surface area contributed by atoms with E-state index < -0.39 is 11.6 Å². The van der Waals surface area contributed by atoms with Crippen LogP contribution in [0.15, 0.2) is 54.6 Å². The lowest BCUT2D eigenvalue weighted by atomic mass is 10.1. The van der Waals surface area contributed by atoms with Crippen molar-refractivity contribution in [3.05, 3.63) is 71.8 Å². The Hall–Kier alpha value is -3.59. The molecule has 0 aliphatic carbocycles. The van der Waals surface area contributed by atoms with Crippen molar-refractivity contribution in [2.75, 3.05) is 43.4 Å². The second kappa shape index (κ2) is 8.51. The number of nitrogens with zero attached hydrogens (tertiary/aromatic N) is 6. The van der Waals surface area contributed by atoms with E-state index in [1.165, 1.54) is 11.8 Å². The Morgan fingerprint density at radius 2 is 1.69 bits per heavy atom. The molecular formula is C23H23F2N7. The molecule has 1 aliphatic rings. The number of halogens is 2. The Labute approximate surface area is 184 Å². The second-order valence-corrected chi connectivity index (χ2v) is 7.94. The molecule has 4 aromatic rings. The highest BCUT2D eigenvalue weighted by Gasteiger charge is 2.15. The van der Waals surface area contributed by atoms with E-state index in [0.29, 0.717) is 17.3 Å². The summed E-state index contributed by atoms with van der Waals surface area (Å²) < 4.78 is 28.9. The molecule has 1 N–H and O–H groups in total. The molecule has 0 atom stereocenters. The van der Waals surface area contributed by atoms with E-state index >= 15 is 0 Å². The highest BCUT2D eigenvalue weighted by molar-refractivity contribution is 5.63. The molecule has 1 aliphatic heterocycles. The fourth-order valence-electron chi connectivity index (χ4n) is 3.81. The summed E-state index contributed by atoms with van der Waals surface area (Å²) in [6.07, 6.45) is 0. The van der Waals surface area contributed by atoms with Crippen molar-refractivity contribution in [1.82, 2.24) is 24.7 Å². The standard InChI is InChI=1S/C23H23F2N7/c1-30-10-12-31(13-11-30)19-5-2-16(3-6-19)23-28-27-22-9-8-21(29-32(22)23)26-15-17-14-18(24)4-7-20(17)25/h2-9,14H,10-13,15H2,1H3,(H,26,29). The molecule has 0 radical (unpaired) electrons. The molecule has 0 amide bonds. The van der Waals surface area contributed by atoms with Gasteiger partial charge in [0.15, 0.2) is 11.5 Å². The number of anilines is 2. The number of hydrogen-bond donors (Lipinski definition) is 1. The molecular weight excluding hydrogens is 412 g/mol. The molecule has 1 saturated heterocycles. The Morgan fingerprint density at radius 3 is 2.47 bits per heavy atom. The predicted molar refractivity (Wildman–Crippen MR) is 120 cm³/mol. The quantitative estimate of drug-likeness (QED) is 0.518. The third-order valence-corrected chi connectivity index (χ3v) is 5.72. The molecule has 32 heavy (non-hydrogen) atoms. The monoisotopic (exact) mass is 435 g/mol. The van der Waals surface area contributed by atoms with Gasteiger partial charge in [0.25, 0.3) is 0 Å². The first kappa shape index (κ1) is 20.3. The van der Waals surface area contributed by atoms with Crippen molar-refractivity contribution in [3.8, 4) is 11.4 Å². The van der Waals surface area contributed by atoms with Crippen LogP contribution in [0.5, 0.6) is 0 Å². The van der Waals surface area contributed by atoms with Crippen LogP contribution in [-0.4, -0.2) is 57.9 Å². The zero-order chi connectivity index (χ0) is 22.1. The Bertz CT molecular complexity index is 1230. The number of hydrogen-bond acceptors (Lipinski definition) is 6. The zero-order valence-corrected chi connectivity index (χ0v) is 17.7. The number of fused-ring (bicyclic) bond motifs is 1. The van der Waals surface area contributed by atoms with Crippen LogP contribution >= 0.6 is 0 Å². The first-order chi connectivity index (χ1) is 15.6. The average molecular weight is 435 g/mol. The normalized spacial score (nSPS) is 14.8. The minimum absolute atomic E-state index is 0.110. The maximum Gasteiger partial charge on any atom is 0.185 e. The van der Waals surface area contributed by atoms with Crippen molar-refractivity contribution >= 4 is 17.2 Å². The number of rotatable bonds is 5. The summed E-state index contributed by atoms with van der Waals surface area (Å²) in [5.74, 6) is 0.180. The number of aromatic nitrogens is 4. The van der Waals surface area contributed by atoms with Gasteiger partial charge >= 0.3 is 0 Å². The highest BCUT2D eigenvalue weighted by atomic mass is 19.1. The fraction of sp³-hybridized carbons (Fsp3) is 0.261. The summed E-state index contributed by atoms with van der Waals surface area (Å²) in [7, 11) is 2.14. The summed E-state index contributed by atoms with van der Waals surface area (Å²) in [6, 6.07) is 15.1. The molecule has 2 aromatic carbocycles. The van der Waals surface area contributed by atoms with Crippen molar-refractivity contribution in [2.45, 2.75) is 6.54 Å². The van der Waals surface area contributed by atoms with E-state index in [2.05, 4.69) is 49.6 Å². The molecule has 5 rings (SSSR count). The highest BCUT2D eigenvalue weighted by Crippen LogP contribution is 2.23. The van der Waals surface area contributed by atoms with Crippen molar-refractivity contribution < 1.29 is 8.78 Å². The minimum atomic E-state index is -0.479. The van der Waals surface area contributed by atoms with E-state index in [-0.39, 0.29) is 12.1 Å². The molecule has 7 nitrogen and oxygen atoms in total. The molecule has 0 spiro atoms. The van der Waals surface area contributed by atoms with Crippen LogP contribution in [0.25, 0.3) is 17.0 Å². The smallest absolute Gasteiger partial charge is 0.185 e. The molecule has 164 valence electrons. The van der Waals surface area contributed by atoms with Gasteiger partial charge in [0.1, 0.15) is 17.5 Å². The van der Waals surface area contributed by atoms with Gasteiger partial charge in [0.05, 0.1) is 0 Å². The van der Waals surface area contributed by atoms with Crippen LogP contribution in [0, 0.1) is 11.6 Å². The molecule has 1 fully saturated rings. The number of piperazine rings is 1. The first-order valence-corrected chi connectivity index (χ1v) is 10.5. The van der Waals surface area contributed by atoms with E-state index in [9.17, 15) is 8.78 Å². The lowest BCUT2D eigenvalue weighted by molar-refractivity contribution is 0.313. The Morgan fingerprint density at radius 1 is 0.906 bits per heavy atom. The topological polar surface area (TPSA) is 61.6 Å². The van der Waals surface area contributed by atoms with Crippen LogP contribution in [-0.2, 0) is 6.54 Å². The van der Waals surface area contributed by atoms with E-state index in [1.807, 2.05) is 12.1 Å². The summed E-state index contributed by atoms with van der Waals surface area (Å²) in [5, 5.41) is 16.1. The van der Waals surface area contributed by atoms with Gasteiger partial charge < -0.3 is 15.1 Å². The number of likely N-dealkylation sites (N-methyl/N-ethyl adjacent to an activating group) is 1. The predicted octanol–water partition coefficient (Wildman–Crippen LogP) is 3.43. The van der Waals surface area contributed by atoms with Crippen LogP contribution < -0.4 is 10.2 Å². The van der Waals surface area contributed by atoms with Gasteiger partial charge in [-0.2, -0.15) is 4.52 Å². The molecule has 0 unspecified atom stereocenters. The van der Waals surface area contributed by atoms with Gasteiger partial charge in [0.2, 0.25) is 0 Å². The van der Waals surface area contributed by atoms with Crippen LogP contribution in [0.4, 0.5) is 20.3 Å². The molecule has 3 heterocycles. The lowest BCUT2D eigenvalue weighted by Crippen LogP contribution is -2.44. The molecule has 0 bridgehead atoms. The van der Waals surface area contributed by atoms with Gasteiger partial charge in [-0.1, -0.05) is 0 Å². The van der Waals surface area contributed by atoms with Gasteiger partial charge in [-0.3, -0.25) is 0 Å². The third-order valence-electron chi connectivity index (χ3n) is 5.72. The van der Waals surface area contributed by atoms with Crippen LogP contribution in [0.1, 0.15) is 5.56 Å². The Kier molecular flexibility index (Phi) is 5.40. The average Bonchev–Trinajstić information content (AvgIpc) is 3.23. The van der Waals surface area contributed by atoms with Gasteiger partial charge in [-0.25, -0.2) is 8.78 Å². The maximum absolute atomic E-state index is 13.9. The second-order valence-electron chi connectivity index (χ2n) is 7.94. The third kappa shape index (κ3) is 4.11. The summed E-state index contributed by atoms with van der Waals surface area (Å²) in [5.41, 5.74) is 2.92. The minimum Gasteiger partial charge on any atom is -0.369 e. The van der Waals surface area contributed by atoms with Crippen LogP contribution in [0.2, 0.25) is 0 Å². The maximum atomic E-state index is 13.9. The van der Waals surface area contributed by atoms with E-state index in [1.54, 1.807) is 16.6 Å². The fourth-order valence-corrected chi connectivity index (χ4v) is 3.81. The van der Waals surface area contributed by atoms with Gasteiger partial charge in [0, 0.05) is 49.5 Å². The lowest BCUT2D eigenvalue weighted by Gasteiger charge is -2.34. The summed E-state index contributed by atoms with van der Waals surface area (Å²) in [6.45, 7) is 4.23. The SMILES string of the molecule is CN1CCN(c2ccc(-c3nnc4ccc(NCc5cc(F)ccc5F)nn34)cc2)CC1. The van der Waals surface area contributed by atoms with E-state index in [4.69, 9.17) is 0 Å². The summed E-state index contributed by atoms with van der Waals surface area (Å²) in [4.78, 5) is 4.70. The van der Waals surface area contributed by atoms with E-state index in [0.717, 1.165) is 43.9 Å². The summed E-state index contributed by atoms with van der Waals surface area (Å²) >= 11 is 0. The van der Waals surface area contributed by atoms with Crippen LogP contribution in [0.3, 0.4) is 0 Å². The van der Waals surface area contributed by atoms with Crippen molar-refractivity contribution in [2.24, 2.45) is 0 Å².